The molecule has 72 valence electrons. The number of pyridine rings is 1. The molecule has 0 saturated heterocycles. The summed E-state index contributed by atoms with van der Waals surface area (Å²) in [6.45, 7) is -0.181. The van der Waals surface area contributed by atoms with Crippen molar-refractivity contribution in [2.75, 3.05) is 0 Å². The third-order valence-corrected chi connectivity index (χ3v) is 1.68. The number of hydrogen-bond donors (Lipinski definition) is 2. The fourth-order valence-electron chi connectivity index (χ4n) is 0.989. The van der Waals surface area contributed by atoms with Crippen LogP contribution in [0.1, 0.15) is 23.4 Å². The van der Waals surface area contributed by atoms with E-state index in [-0.39, 0.29) is 18.8 Å². The zero-order chi connectivity index (χ0) is 9.84. The van der Waals surface area contributed by atoms with Gasteiger partial charge in [-0.25, -0.2) is 8.78 Å². The molecule has 3 N–H and O–H groups in total. The largest absolute Gasteiger partial charge is 0.392 e. The van der Waals surface area contributed by atoms with Gasteiger partial charge in [-0.05, 0) is 6.07 Å². The van der Waals surface area contributed by atoms with Crippen molar-refractivity contribution in [1.82, 2.24) is 4.98 Å². The van der Waals surface area contributed by atoms with Crippen LogP contribution in [0.5, 0.6) is 0 Å². The highest BCUT2D eigenvalue weighted by Gasteiger charge is 2.10. The summed E-state index contributed by atoms with van der Waals surface area (Å²) in [7, 11) is 0. The second-order valence-electron chi connectivity index (χ2n) is 2.50. The first-order valence-electron chi connectivity index (χ1n) is 3.76. The van der Waals surface area contributed by atoms with Gasteiger partial charge in [-0.3, -0.25) is 4.98 Å². The third kappa shape index (κ3) is 2.19. The number of aliphatic hydroxyl groups excluding tert-OH is 1. The predicted molar refractivity (Wildman–Crippen MR) is 43.0 cm³/mol. The normalized spacial score (nSPS) is 10.8. The highest BCUT2D eigenvalue weighted by molar-refractivity contribution is 5.22. The second kappa shape index (κ2) is 4.25. The molecule has 1 aromatic heterocycles. The lowest BCUT2D eigenvalue weighted by Crippen LogP contribution is -2.06. The molecule has 5 heteroatoms. The Morgan fingerprint density at radius 3 is 2.62 bits per heavy atom. The number of nitrogens with zero attached hydrogens (tertiary/aromatic N) is 1. The first-order chi connectivity index (χ1) is 6.19. The summed E-state index contributed by atoms with van der Waals surface area (Å²) in [5.41, 5.74) is 5.78. The molecule has 0 aromatic carbocycles. The smallest absolute Gasteiger partial charge is 0.280 e. The third-order valence-electron chi connectivity index (χ3n) is 1.68. The van der Waals surface area contributed by atoms with Crippen molar-refractivity contribution in [3.05, 3.63) is 29.1 Å². The van der Waals surface area contributed by atoms with E-state index in [0.29, 0.717) is 11.3 Å². The average Bonchev–Trinajstić information content (AvgIpc) is 2.16. The number of hydrogen-bond acceptors (Lipinski definition) is 3. The van der Waals surface area contributed by atoms with Gasteiger partial charge in [0.25, 0.3) is 6.43 Å². The molecular formula is C8H10F2N2O. The molecule has 0 aliphatic heterocycles. The number of aliphatic hydroxyl groups is 1. The molecular weight excluding hydrogens is 178 g/mol. The molecule has 0 unspecified atom stereocenters. The molecule has 0 aliphatic carbocycles. The number of alkyl halides is 2. The van der Waals surface area contributed by atoms with Crippen LogP contribution in [0.15, 0.2) is 12.1 Å². The van der Waals surface area contributed by atoms with Crippen molar-refractivity contribution < 1.29 is 13.9 Å². The van der Waals surface area contributed by atoms with E-state index in [1.165, 1.54) is 12.1 Å². The van der Waals surface area contributed by atoms with Gasteiger partial charge in [0, 0.05) is 12.1 Å². The van der Waals surface area contributed by atoms with Gasteiger partial charge in [0.15, 0.2) is 0 Å². The van der Waals surface area contributed by atoms with Crippen LogP contribution in [-0.2, 0) is 13.2 Å². The molecule has 0 atom stereocenters. The van der Waals surface area contributed by atoms with Gasteiger partial charge in [0.2, 0.25) is 0 Å². The minimum Gasteiger partial charge on any atom is -0.392 e. The molecule has 0 saturated carbocycles. The Morgan fingerprint density at radius 2 is 2.15 bits per heavy atom. The Balaban J connectivity index is 3.05. The fourth-order valence-corrected chi connectivity index (χ4v) is 0.989. The molecule has 0 aliphatic rings. The van der Waals surface area contributed by atoms with E-state index < -0.39 is 6.43 Å². The van der Waals surface area contributed by atoms with E-state index in [1.807, 2.05) is 0 Å². The highest BCUT2D eigenvalue weighted by Crippen LogP contribution is 2.18. The topological polar surface area (TPSA) is 59.1 Å². The van der Waals surface area contributed by atoms with E-state index in [9.17, 15) is 8.78 Å². The average molecular weight is 188 g/mol. The van der Waals surface area contributed by atoms with Crippen molar-refractivity contribution in [2.45, 2.75) is 19.6 Å². The van der Waals surface area contributed by atoms with Crippen LogP contribution >= 0.6 is 0 Å². The summed E-state index contributed by atoms with van der Waals surface area (Å²) in [4.78, 5) is 3.63. The van der Waals surface area contributed by atoms with Crippen LogP contribution in [0.2, 0.25) is 0 Å². The fraction of sp³-hybridized carbons (Fsp3) is 0.375. The van der Waals surface area contributed by atoms with Gasteiger partial charge < -0.3 is 10.8 Å². The van der Waals surface area contributed by atoms with Gasteiger partial charge in [0.05, 0.1) is 12.3 Å². The standard InChI is InChI=1S/C8H10F2N2O/c9-8(10)6-2-1-5(4-13)7(3-11)12-6/h1-2,8,13H,3-4,11H2. The molecule has 0 bridgehead atoms. The number of rotatable bonds is 3. The molecule has 0 spiro atoms. The van der Waals surface area contributed by atoms with E-state index in [4.69, 9.17) is 10.8 Å². The van der Waals surface area contributed by atoms with Crippen LogP contribution in [0.3, 0.4) is 0 Å². The van der Waals surface area contributed by atoms with E-state index in [1.54, 1.807) is 0 Å². The number of halogens is 2. The summed E-state index contributed by atoms with van der Waals surface area (Å²) in [5, 5.41) is 8.80. The van der Waals surface area contributed by atoms with E-state index >= 15 is 0 Å². The summed E-state index contributed by atoms with van der Waals surface area (Å²) in [6.07, 6.45) is -2.60. The first-order valence-corrected chi connectivity index (χ1v) is 3.76. The predicted octanol–water partition coefficient (Wildman–Crippen LogP) is 0.970. The van der Waals surface area contributed by atoms with Crippen molar-refractivity contribution in [3.8, 4) is 0 Å². The number of aromatic nitrogens is 1. The molecule has 0 amide bonds. The van der Waals surface area contributed by atoms with Crippen molar-refractivity contribution >= 4 is 0 Å². The van der Waals surface area contributed by atoms with Crippen LogP contribution < -0.4 is 5.73 Å². The summed E-state index contributed by atoms with van der Waals surface area (Å²) in [6, 6.07) is 2.60. The Kier molecular flexibility index (Phi) is 3.27. The molecule has 1 rings (SSSR count). The van der Waals surface area contributed by atoms with E-state index in [2.05, 4.69) is 4.98 Å². The number of nitrogens with two attached hydrogens (primary N) is 1. The Bertz CT molecular complexity index is 291. The van der Waals surface area contributed by atoms with Gasteiger partial charge >= 0.3 is 0 Å². The van der Waals surface area contributed by atoms with Crippen LogP contribution in [0.4, 0.5) is 8.78 Å². The van der Waals surface area contributed by atoms with Crippen LogP contribution in [0.25, 0.3) is 0 Å². The quantitative estimate of drug-likeness (QED) is 0.743. The Morgan fingerprint density at radius 1 is 1.46 bits per heavy atom. The summed E-state index contributed by atoms with van der Waals surface area (Å²) < 4.78 is 24.3. The summed E-state index contributed by atoms with van der Waals surface area (Å²) >= 11 is 0. The molecule has 13 heavy (non-hydrogen) atoms. The Labute approximate surface area is 74.2 Å². The summed E-state index contributed by atoms with van der Waals surface area (Å²) in [5.74, 6) is 0. The molecule has 0 fully saturated rings. The van der Waals surface area contributed by atoms with Gasteiger partial charge in [-0.15, -0.1) is 0 Å². The van der Waals surface area contributed by atoms with Gasteiger partial charge in [-0.1, -0.05) is 6.07 Å². The maximum atomic E-state index is 12.2. The lowest BCUT2D eigenvalue weighted by molar-refractivity contribution is 0.145. The van der Waals surface area contributed by atoms with Crippen molar-refractivity contribution in [2.24, 2.45) is 5.73 Å². The maximum absolute atomic E-state index is 12.2. The second-order valence-corrected chi connectivity index (χ2v) is 2.50. The zero-order valence-electron chi connectivity index (χ0n) is 6.87. The van der Waals surface area contributed by atoms with Crippen LogP contribution in [0, 0.1) is 0 Å². The lowest BCUT2D eigenvalue weighted by Gasteiger charge is -2.06. The van der Waals surface area contributed by atoms with Crippen LogP contribution in [-0.4, -0.2) is 10.1 Å². The molecule has 1 heterocycles. The van der Waals surface area contributed by atoms with Gasteiger partial charge in [0.1, 0.15) is 5.69 Å². The van der Waals surface area contributed by atoms with Crippen molar-refractivity contribution in [1.29, 1.82) is 0 Å². The zero-order valence-corrected chi connectivity index (χ0v) is 6.87. The minimum atomic E-state index is -2.60. The molecule has 3 nitrogen and oxygen atoms in total. The Hall–Kier alpha value is -1.07. The minimum absolute atomic E-state index is 0.0520. The maximum Gasteiger partial charge on any atom is 0.280 e. The van der Waals surface area contributed by atoms with Crippen molar-refractivity contribution in [3.63, 3.8) is 0 Å². The van der Waals surface area contributed by atoms with E-state index in [0.717, 1.165) is 0 Å². The van der Waals surface area contributed by atoms with Gasteiger partial charge in [-0.2, -0.15) is 0 Å². The lowest BCUT2D eigenvalue weighted by atomic mass is 10.2. The first kappa shape index (κ1) is 10.0. The SMILES string of the molecule is NCc1nc(C(F)F)ccc1CO. The highest BCUT2D eigenvalue weighted by atomic mass is 19.3. The monoisotopic (exact) mass is 188 g/mol. The molecule has 0 radical (unpaired) electrons. The molecule has 1 aromatic rings.